The van der Waals surface area contributed by atoms with E-state index in [-0.39, 0.29) is 0 Å². The Morgan fingerprint density at radius 3 is 2.59 bits per heavy atom. The number of ether oxygens (including phenoxy) is 2. The number of nitrogens with zero attached hydrogens (tertiary/aromatic N) is 1. The second-order valence-electron chi connectivity index (χ2n) is 4.64. The Bertz CT molecular complexity index is 427. The number of rotatable bonds is 11. The summed E-state index contributed by atoms with van der Waals surface area (Å²) in [5.74, 6) is 0.785. The summed E-state index contributed by atoms with van der Waals surface area (Å²) >= 11 is 5.18. The van der Waals surface area contributed by atoms with Crippen LogP contribution in [0.25, 0.3) is 0 Å². The molecule has 22 heavy (non-hydrogen) atoms. The molecule has 0 bridgehead atoms. The van der Waals surface area contributed by atoms with Gasteiger partial charge in [0.2, 0.25) is 0 Å². The van der Waals surface area contributed by atoms with Crippen LogP contribution in [-0.4, -0.2) is 46.0 Å². The first-order chi connectivity index (χ1) is 10.8. The number of aliphatic imine (C=N–C) groups is 1. The van der Waals surface area contributed by atoms with Gasteiger partial charge in [0.25, 0.3) is 0 Å². The molecule has 0 atom stereocenters. The Morgan fingerprint density at radius 1 is 1.18 bits per heavy atom. The van der Waals surface area contributed by atoms with Crippen molar-refractivity contribution in [1.29, 1.82) is 0 Å². The van der Waals surface area contributed by atoms with Crippen molar-refractivity contribution in [2.45, 2.75) is 26.3 Å². The summed E-state index contributed by atoms with van der Waals surface area (Å²) in [4.78, 5) is 5.44. The van der Waals surface area contributed by atoms with Gasteiger partial charge in [-0.15, -0.1) is 11.3 Å². The van der Waals surface area contributed by atoms with Gasteiger partial charge >= 0.3 is 0 Å². The van der Waals surface area contributed by atoms with Gasteiger partial charge in [0.15, 0.2) is 5.96 Å². The summed E-state index contributed by atoms with van der Waals surface area (Å²) in [5.41, 5.74) is 0. The van der Waals surface area contributed by atoms with Crippen molar-refractivity contribution in [3.63, 3.8) is 0 Å². The third-order valence-electron chi connectivity index (χ3n) is 2.84. The highest BCUT2D eigenvalue weighted by molar-refractivity contribution is 9.11. The van der Waals surface area contributed by atoms with Gasteiger partial charge in [-0.25, -0.2) is 0 Å². The Balaban J connectivity index is 2.00. The summed E-state index contributed by atoms with van der Waals surface area (Å²) in [6, 6.07) is 4.14. The van der Waals surface area contributed by atoms with Crippen molar-refractivity contribution >= 4 is 33.2 Å². The first-order valence-electron chi connectivity index (χ1n) is 7.60. The van der Waals surface area contributed by atoms with E-state index in [0.717, 1.165) is 35.9 Å². The molecule has 1 heterocycles. The van der Waals surface area contributed by atoms with Crippen LogP contribution in [0.4, 0.5) is 0 Å². The summed E-state index contributed by atoms with van der Waals surface area (Å²) in [6.45, 7) is 6.42. The molecule has 0 aromatic carbocycles. The van der Waals surface area contributed by atoms with Crippen LogP contribution in [0, 0.1) is 0 Å². The van der Waals surface area contributed by atoms with Crippen LogP contribution in [0.2, 0.25) is 0 Å². The molecule has 0 saturated heterocycles. The monoisotopic (exact) mass is 391 g/mol. The minimum Gasteiger partial charge on any atom is -0.379 e. The zero-order chi connectivity index (χ0) is 16.0. The molecule has 126 valence electrons. The second-order valence-corrected chi connectivity index (χ2v) is 7.18. The Kier molecular flexibility index (Phi) is 11.4. The first-order valence-corrected chi connectivity index (χ1v) is 9.21. The van der Waals surface area contributed by atoms with Crippen molar-refractivity contribution in [2.75, 3.05) is 40.0 Å². The number of nitrogens with one attached hydrogen (secondary N) is 2. The molecule has 1 rings (SSSR count). The van der Waals surface area contributed by atoms with Crippen molar-refractivity contribution < 1.29 is 9.47 Å². The molecule has 0 aliphatic heterocycles. The Labute approximate surface area is 145 Å². The quantitative estimate of drug-likeness (QED) is 0.345. The smallest absolute Gasteiger partial charge is 0.191 e. The molecule has 2 N–H and O–H groups in total. The fourth-order valence-corrected chi connectivity index (χ4v) is 3.07. The summed E-state index contributed by atoms with van der Waals surface area (Å²) < 4.78 is 12.1. The van der Waals surface area contributed by atoms with Crippen molar-refractivity contribution in [3.8, 4) is 0 Å². The van der Waals surface area contributed by atoms with Crippen LogP contribution in [0.1, 0.15) is 24.6 Å². The minimum atomic E-state index is 0.640. The van der Waals surface area contributed by atoms with E-state index in [9.17, 15) is 0 Å². The number of halogens is 1. The zero-order valence-electron chi connectivity index (χ0n) is 13.4. The molecular formula is C15H26BrN3O2S. The average Bonchev–Trinajstić information content (AvgIpc) is 2.94. The molecule has 5 nitrogen and oxygen atoms in total. The molecule has 0 aliphatic carbocycles. The molecule has 0 unspecified atom stereocenters. The van der Waals surface area contributed by atoms with E-state index in [2.05, 4.69) is 44.5 Å². The predicted molar refractivity (Wildman–Crippen MR) is 96.8 cm³/mol. The van der Waals surface area contributed by atoms with E-state index in [0.29, 0.717) is 19.8 Å². The number of hydrogen-bond acceptors (Lipinski definition) is 4. The highest BCUT2D eigenvalue weighted by Gasteiger charge is 2.00. The normalized spacial score (nSPS) is 11.7. The topological polar surface area (TPSA) is 54.9 Å². The number of guanidine groups is 1. The van der Waals surface area contributed by atoms with Crippen LogP contribution < -0.4 is 10.6 Å². The molecule has 0 radical (unpaired) electrons. The minimum absolute atomic E-state index is 0.640. The lowest BCUT2D eigenvalue weighted by atomic mass is 10.4. The molecule has 0 aliphatic rings. The number of unbranched alkanes of at least 4 members (excludes halogenated alkanes) is 1. The van der Waals surface area contributed by atoms with E-state index in [4.69, 9.17) is 9.47 Å². The van der Waals surface area contributed by atoms with E-state index < -0.39 is 0 Å². The van der Waals surface area contributed by atoms with Crippen molar-refractivity contribution in [2.24, 2.45) is 4.99 Å². The Morgan fingerprint density at radius 2 is 1.95 bits per heavy atom. The molecule has 0 fully saturated rings. The lowest BCUT2D eigenvalue weighted by Gasteiger charge is -2.11. The van der Waals surface area contributed by atoms with E-state index in [1.54, 1.807) is 18.4 Å². The van der Waals surface area contributed by atoms with Gasteiger partial charge in [-0.3, -0.25) is 4.99 Å². The predicted octanol–water partition coefficient (Wildman–Crippen LogP) is 3.01. The molecule has 1 aromatic rings. The summed E-state index contributed by atoms with van der Waals surface area (Å²) in [5, 5.41) is 6.50. The molecular weight excluding hydrogens is 366 g/mol. The van der Waals surface area contributed by atoms with E-state index >= 15 is 0 Å². The molecule has 0 spiro atoms. The standard InChI is InChI=1S/C15H26BrN3O2S/c1-3-4-8-20-10-11-21-9-7-18-15(17-2)19-12-13-5-6-14(16)22-13/h5-6H,3-4,7-12H2,1-2H3,(H2,17,18,19). The van der Waals surface area contributed by atoms with Crippen LogP contribution in [0.5, 0.6) is 0 Å². The maximum absolute atomic E-state index is 5.50. The molecule has 0 saturated carbocycles. The maximum Gasteiger partial charge on any atom is 0.191 e. The highest BCUT2D eigenvalue weighted by atomic mass is 79.9. The van der Waals surface area contributed by atoms with Crippen LogP contribution >= 0.6 is 27.3 Å². The number of thiophene rings is 1. The zero-order valence-corrected chi connectivity index (χ0v) is 15.8. The number of hydrogen-bond donors (Lipinski definition) is 2. The van der Waals surface area contributed by atoms with Gasteiger partial charge in [-0.1, -0.05) is 13.3 Å². The average molecular weight is 392 g/mol. The van der Waals surface area contributed by atoms with E-state index in [1.807, 2.05) is 6.07 Å². The molecule has 1 aromatic heterocycles. The maximum atomic E-state index is 5.50. The lowest BCUT2D eigenvalue weighted by molar-refractivity contribution is 0.0487. The highest BCUT2D eigenvalue weighted by Crippen LogP contribution is 2.21. The van der Waals surface area contributed by atoms with Gasteiger partial charge in [0, 0.05) is 25.1 Å². The second kappa shape index (κ2) is 12.9. The Hall–Kier alpha value is -0.630. The van der Waals surface area contributed by atoms with Gasteiger partial charge in [-0.05, 0) is 34.5 Å². The van der Waals surface area contributed by atoms with Crippen LogP contribution in [-0.2, 0) is 16.0 Å². The third-order valence-corrected chi connectivity index (χ3v) is 4.46. The summed E-state index contributed by atoms with van der Waals surface area (Å²) in [7, 11) is 1.77. The third kappa shape index (κ3) is 9.40. The lowest BCUT2D eigenvalue weighted by Crippen LogP contribution is -2.38. The van der Waals surface area contributed by atoms with Crippen molar-refractivity contribution in [1.82, 2.24) is 10.6 Å². The largest absolute Gasteiger partial charge is 0.379 e. The van der Waals surface area contributed by atoms with E-state index in [1.165, 1.54) is 11.3 Å². The fourth-order valence-electron chi connectivity index (χ4n) is 1.65. The van der Waals surface area contributed by atoms with Crippen LogP contribution in [0.15, 0.2) is 20.9 Å². The fraction of sp³-hybridized carbons (Fsp3) is 0.667. The van der Waals surface area contributed by atoms with Crippen molar-refractivity contribution in [3.05, 3.63) is 20.8 Å². The molecule has 7 heteroatoms. The summed E-state index contributed by atoms with van der Waals surface area (Å²) in [6.07, 6.45) is 2.28. The van der Waals surface area contributed by atoms with Gasteiger partial charge in [0.05, 0.1) is 30.2 Å². The van der Waals surface area contributed by atoms with Gasteiger partial charge in [0.1, 0.15) is 0 Å². The SMILES string of the molecule is CCCCOCCOCCNC(=NC)NCc1ccc(Br)s1. The first kappa shape index (κ1) is 19.4. The van der Waals surface area contributed by atoms with Crippen LogP contribution in [0.3, 0.4) is 0 Å². The molecule has 0 amide bonds. The van der Waals surface area contributed by atoms with Gasteiger partial charge < -0.3 is 20.1 Å². The van der Waals surface area contributed by atoms with Gasteiger partial charge in [-0.2, -0.15) is 0 Å².